The molecule has 1 fully saturated rings. The summed E-state index contributed by atoms with van der Waals surface area (Å²) in [6, 6.07) is 6.79. The van der Waals surface area contributed by atoms with Crippen LogP contribution in [0.25, 0.3) is 0 Å². The number of aromatic amines is 1. The number of hydrogen-bond acceptors (Lipinski definition) is 4. The molecule has 1 aliphatic rings. The van der Waals surface area contributed by atoms with Crippen molar-refractivity contribution in [2.24, 2.45) is 0 Å². The number of aromatic nitrogens is 1. The Morgan fingerprint density at radius 2 is 1.73 bits per heavy atom. The number of H-pyrrole nitrogens is 1. The lowest BCUT2D eigenvalue weighted by Crippen LogP contribution is -2.50. The van der Waals surface area contributed by atoms with Crippen LogP contribution in [0.15, 0.2) is 41.1 Å². The van der Waals surface area contributed by atoms with Crippen molar-refractivity contribution in [2.45, 2.75) is 0 Å². The third kappa shape index (κ3) is 2.80. The molecule has 1 saturated heterocycles. The molecule has 0 atom stereocenters. The maximum Gasteiger partial charge on any atom is 0.289 e. The van der Waals surface area contributed by atoms with Crippen molar-refractivity contribution in [3.8, 4) is 0 Å². The Balaban J connectivity index is 1.65. The maximum absolute atomic E-state index is 12.4. The molecule has 3 heterocycles. The van der Waals surface area contributed by atoms with Gasteiger partial charge in [-0.1, -0.05) is 12.2 Å². The molecule has 0 bridgehead atoms. The Hall–Kier alpha value is -2.41. The van der Waals surface area contributed by atoms with Crippen LogP contribution in [0.1, 0.15) is 20.9 Å². The van der Waals surface area contributed by atoms with Crippen molar-refractivity contribution in [1.29, 1.82) is 0 Å². The molecule has 1 aliphatic heterocycles. The standard InChI is InChI=1S/C15H15N3O3S/c19-14(11-3-1-5-16-13(11)22)17-6-8-18(9-7-17)15(20)12-4-2-10-21-12/h1-5,10H,6-9H2,(H,16,22). The number of furan rings is 1. The Bertz CT molecular complexity index is 730. The number of amides is 2. The molecule has 0 aromatic carbocycles. The fourth-order valence-electron chi connectivity index (χ4n) is 2.43. The van der Waals surface area contributed by atoms with E-state index in [1.807, 2.05) is 0 Å². The minimum Gasteiger partial charge on any atom is -0.459 e. The summed E-state index contributed by atoms with van der Waals surface area (Å²) in [5.41, 5.74) is 0.489. The van der Waals surface area contributed by atoms with E-state index >= 15 is 0 Å². The zero-order valence-electron chi connectivity index (χ0n) is 11.8. The highest BCUT2D eigenvalue weighted by Gasteiger charge is 2.26. The second kappa shape index (κ2) is 6.15. The van der Waals surface area contributed by atoms with Crippen LogP contribution in [0.2, 0.25) is 0 Å². The van der Waals surface area contributed by atoms with Gasteiger partial charge in [-0.25, -0.2) is 0 Å². The number of carbonyl (C=O) groups is 2. The second-order valence-electron chi connectivity index (χ2n) is 4.97. The summed E-state index contributed by atoms with van der Waals surface area (Å²) in [6.07, 6.45) is 3.17. The van der Waals surface area contributed by atoms with Crippen LogP contribution in [0.5, 0.6) is 0 Å². The molecule has 2 amide bonds. The van der Waals surface area contributed by atoms with Gasteiger partial charge in [0.15, 0.2) is 5.76 Å². The van der Waals surface area contributed by atoms with E-state index < -0.39 is 0 Å². The van der Waals surface area contributed by atoms with Gasteiger partial charge in [0, 0.05) is 32.4 Å². The fraction of sp³-hybridized carbons (Fsp3) is 0.267. The minimum absolute atomic E-state index is 0.105. The number of hydrogen-bond donors (Lipinski definition) is 1. The van der Waals surface area contributed by atoms with E-state index in [1.165, 1.54) is 6.26 Å². The van der Waals surface area contributed by atoms with Gasteiger partial charge in [0.2, 0.25) is 0 Å². The molecule has 2 aromatic rings. The Morgan fingerprint density at radius 3 is 2.32 bits per heavy atom. The first kappa shape index (κ1) is 14.5. The third-order valence-electron chi connectivity index (χ3n) is 3.63. The monoisotopic (exact) mass is 317 g/mol. The average Bonchev–Trinajstić information content (AvgIpc) is 3.09. The number of nitrogens with zero attached hydrogens (tertiary/aromatic N) is 2. The SMILES string of the molecule is O=C(c1ccco1)N1CCN(C(=O)c2ccc[nH]c2=S)CC1. The summed E-state index contributed by atoms with van der Waals surface area (Å²) in [4.78, 5) is 30.9. The Labute approximate surface area is 132 Å². The van der Waals surface area contributed by atoms with E-state index in [2.05, 4.69) is 4.98 Å². The van der Waals surface area contributed by atoms with Crippen LogP contribution in [0, 0.1) is 4.64 Å². The van der Waals surface area contributed by atoms with Crippen molar-refractivity contribution >= 4 is 24.0 Å². The minimum atomic E-state index is -0.144. The lowest BCUT2D eigenvalue weighted by molar-refractivity contribution is 0.0517. The number of rotatable bonds is 2. The van der Waals surface area contributed by atoms with Gasteiger partial charge in [0.1, 0.15) is 4.64 Å². The molecule has 22 heavy (non-hydrogen) atoms. The molecule has 2 aromatic heterocycles. The summed E-state index contributed by atoms with van der Waals surface area (Å²) in [7, 11) is 0. The van der Waals surface area contributed by atoms with Crippen LogP contribution >= 0.6 is 12.2 Å². The van der Waals surface area contributed by atoms with Gasteiger partial charge < -0.3 is 19.2 Å². The molecule has 1 N–H and O–H groups in total. The highest BCUT2D eigenvalue weighted by atomic mass is 32.1. The number of nitrogens with one attached hydrogen (secondary N) is 1. The van der Waals surface area contributed by atoms with E-state index in [0.29, 0.717) is 42.1 Å². The topological polar surface area (TPSA) is 69.6 Å². The first-order valence-corrected chi connectivity index (χ1v) is 7.37. The molecular weight excluding hydrogens is 302 g/mol. The molecular formula is C15H15N3O3S. The summed E-state index contributed by atoms with van der Waals surface area (Å²) >= 11 is 5.14. The molecule has 0 saturated carbocycles. The quantitative estimate of drug-likeness (QED) is 0.859. The van der Waals surface area contributed by atoms with Crippen molar-refractivity contribution < 1.29 is 14.0 Å². The fourth-order valence-corrected chi connectivity index (χ4v) is 2.65. The smallest absolute Gasteiger partial charge is 0.289 e. The first-order chi connectivity index (χ1) is 10.7. The number of pyridine rings is 1. The number of piperazine rings is 1. The maximum atomic E-state index is 12.4. The molecule has 3 rings (SSSR count). The van der Waals surface area contributed by atoms with Crippen molar-refractivity contribution in [3.63, 3.8) is 0 Å². The van der Waals surface area contributed by atoms with E-state index in [0.717, 1.165) is 0 Å². The van der Waals surface area contributed by atoms with Gasteiger partial charge in [-0.2, -0.15) is 0 Å². The average molecular weight is 317 g/mol. The zero-order chi connectivity index (χ0) is 15.5. The van der Waals surface area contributed by atoms with Crippen molar-refractivity contribution in [2.75, 3.05) is 26.2 Å². The van der Waals surface area contributed by atoms with Crippen LogP contribution < -0.4 is 0 Å². The normalized spacial score (nSPS) is 14.9. The van der Waals surface area contributed by atoms with E-state index in [1.54, 1.807) is 40.3 Å². The summed E-state index contributed by atoms with van der Waals surface area (Å²) in [5.74, 6) is 0.0753. The van der Waals surface area contributed by atoms with Crippen LogP contribution in [-0.2, 0) is 0 Å². The molecule has 0 radical (unpaired) electrons. The zero-order valence-corrected chi connectivity index (χ0v) is 12.6. The van der Waals surface area contributed by atoms with Gasteiger partial charge in [0.05, 0.1) is 11.8 Å². The molecule has 0 spiro atoms. The van der Waals surface area contributed by atoms with Gasteiger partial charge >= 0.3 is 0 Å². The van der Waals surface area contributed by atoms with Crippen molar-refractivity contribution in [1.82, 2.24) is 14.8 Å². The Kier molecular flexibility index (Phi) is 4.06. The third-order valence-corrected chi connectivity index (χ3v) is 3.97. The van der Waals surface area contributed by atoms with Gasteiger partial charge in [-0.3, -0.25) is 9.59 Å². The lowest BCUT2D eigenvalue weighted by Gasteiger charge is -2.34. The van der Waals surface area contributed by atoms with Crippen LogP contribution in [0.3, 0.4) is 0 Å². The molecule has 0 unspecified atom stereocenters. The first-order valence-electron chi connectivity index (χ1n) is 6.96. The summed E-state index contributed by atoms with van der Waals surface area (Å²) in [6.45, 7) is 1.92. The molecule has 0 aliphatic carbocycles. The van der Waals surface area contributed by atoms with E-state index in [-0.39, 0.29) is 11.8 Å². The second-order valence-corrected chi connectivity index (χ2v) is 5.38. The number of carbonyl (C=O) groups excluding carboxylic acids is 2. The Morgan fingerprint density at radius 1 is 1.05 bits per heavy atom. The van der Waals surface area contributed by atoms with E-state index in [4.69, 9.17) is 16.6 Å². The highest BCUT2D eigenvalue weighted by molar-refractivity contribution is 7.71. The van der Waals surface area contributed by atoms with Crippen LogP contribution in [0.4, 0.5) is 0 Å². The van der Waals surface area contributed by atoms with Gasteiger partial charge in [0.25, 0.3) is 11.8 Å². The molecule has 6 nitrogen and oxygen atoms in total. The largest absolute Gasteiger partial charge is 0.459 e. The summed E-state index contributed by atoms with van der Waals surface area (Å²) in [5, 5.41) is 0. The van der Waals surface area contributed by atoms with Gasteiger partial charge in [-0.15, -0.1) is 0 Å². The predicted octanol–water partition coefficient (Wildman–Crippen LogP) is 1.94. The van der Waals surface area contributed by atoms with Crippen LogP contribution in [-0.4, -0.2) is 52.8 Å². The van der Waals surface area contributed by atoms with Gasteiger partial charge in [-0.05, 0) is 24.3 Å². The van der Waals surface area contributed by atoms with Crippen molar-refractivity contribution in [3.05, 3.63) is 52.7 Å². The molecule has 7 heteroatoms. The van der Waals surface area contributed by atoms with E-state index in [9.17, 15) is 9.59 Å². The predicted molar refractivity (Wildman–Crippen MR) is 82.1 cm³/mol. The highest BCUT2D eigenvalue weighted by Crippen LogP contribution is 2.12. The molecule has 114 valence electrons. The lowest BCUT2D eigenvalue weighted by atomic mass is 10.2. The summed E-state index contributed by atoms with van der Waals surface area (Å²) < 4.78 is 5.55.